The van der Waals surface area contributed by atoms with Crippen molar-refractivity contribution in [2.75, 3.05) is 20.4 Å². The van der Waals surface area contributed by atoms with E-state index in [-0.39, 0.29) is 24.2 Å². The number of amides is 1. The van der Waals surface area contributed by atoms with E-state index in [0.29, 0.717) is 16.6 Å². The Labute approximate surface area is 200 Å². The molecule has 0 radical (unpaired) electrons. The van der Waals surface area contributed by atoms with Crippen LogP contribution in [0.25, 0.3) is 0 Å². The minimum Gasteiger partial charge on any atom is -0.481 e. The maximum atomic E-state index is 14.2. The molecule has 1 N–H and O–H groups in total. The molecule has 1 aliphatic heterocycles. The number of fused-ring (bicyclic) bond motifs is 1. The molecule has 0 spiro atoms. The molecule has 1 aromatic rings. The smallest absolute Gasteiger partial charge is 0.415 e. The van der Waals surface area contributed by atoms with Crippen molar-refractivity contribution < 1.29 is 28.2 Å². The quantitative estimate of drug-likeness (QED) is 0.261. The fraction of sp³-hybridized carbons (Fsp3) is 0.650. The number of aromatic nitrogens is 1. The summed E-state index contributed by atoms with van der Waals surface area (Å²) in [6.07, 6.45) is -2.18. The predicted molar refractivity (Wildman–Crippen MR) is 127 cm³/mol. The zero-order valence-electron chi connectivity index (χ0n) is 18.7. The van der Waals surface area contributed by atoms with Crippen LogP contribution in [0.1, 0.15) is 18.9 Å². The van der Waals surface area contributed by atoms with Crippen molar-refractivity contribution in [3.05, 3.63) is 22.3 Å². The summed E-state index contributed by atoms with van der Waals surface area (Å²) in [7, 11) is 0.0917. The number of carboxylic acid groups (broad SMARTS) is 1. The molecule has 12 heteroatoms. The zero-order chi connectivity index (χ0) is 23.9. The van der Waals surface area contributed by atoms with E-state index in [1.54, 1.807) is 19.2 Å². The number of rotatable bonds is 8. The number of amidine groups is 1. The molecule has 1 aliphatic carbocycles. The zero-order valence-corrected chi connectivity index (χ0v) is 22.1. The van der Waals surface area contributed by atoms with Gasteiger partial charge in [-0.3, -0.25) is 4.99 Å². The van der Waals surface area contributed by atoms with Crippen LogP contribution in [-0.4, -0.2) is 65.9 Å². The highest BCUT2D eigenvalue weighted by atomic mass is 79.9. The van der Waals surface area contributed by atoms with Crippen LogP contribution in [0.4, 0.5) is 13.6 Å². The number of halogens is 3. The molecule has 3 rings (SSSR count). The van der Waals surface area contributed by atoms with Gasteiger partial charge in [0, 0.05) is 36.8 Å². The van der Waals surface area contributed by atoms with Crippen molar-refractivity contribution in [2.45, 2.75) is 55.7 Å². The van der Waals surface area contributed by atoms with Crippen LogP contribution in [0.3, 0.4) is 0 Å². The Morgan fingerprint density at radius 1 is 1.47 bits per heavy atom. The van der Waals surface area contributed by atoms with Gasteiger partial charge >= 0.3 is 6.09 Å². The van der Waals surface area contributed by atoms with Gasteiger partial charge < -0.3 is 14.6 Å². The number of methoxy groups -OCH3 is 1. The number of carbonyl (C=O) groups is 1. The number of ether oxygens (including phenoxy) is 2. The molecule has 0 unspecified atom stereocenters. The first-order valence-electron chi connectivity index (χ1n) is 10.2. The third kappa shape index (κ3) is 4.97. The van der Waals surface area contributed by atoms with Gasteiger partial charge in [-0.15, -0.1) is 0 Å². The van der Waals surface area contributed by atoms with E-state index in [2.05, 4.69) is 40.6 Å². The van der Waals surface area contributed by atoms with Gasteiger partial charge in [-0.05, 0) is 41.4 Å². The van der Waals surface area contributed by atoms with Gasteiger partial charge in [-0.2, -0.15) is 0 Å². The maximum Gasteiger partial charge on any atom is 0.415 e. The first-order valence-corrected chi connectivity index (χ1v) is 15.5. The van der Waals surface area contributed by atoms with E-state index in [1.165, 1.54) is 7.11 Å². The van der Waals surface area contributed by atoms with Crippen LogP contribution < -0.4 is 4.74 Å². The molecular weight excluding hydrogens is 524 g/mol. The van der Waals surface area contributed by atoms with E-state index in [9.17, 15) is 18.7 Å². The van der Waals surface area contributed by atoms with E-state index >= 15 is 0 Å². The molecule has 1 aromatic heterocycles. The van der Waals surface area contributed by atoms with Gasteiger partial charge in [0.05, 0.1) is 17.4 Å². The topological polar surface area (TPSA) is 84.3 Å². The second kappa shape index (κ2) is 9.19. The Bertz CT molecular complexity index is 919. The lowest BCUT2D eigenvalue weighted by Gasteiger charge is -2.37. The number of alkyl halides is 2. The molecule has 1 amide bonds. The monoisotopic (exact) mass is 551 g/mol. The van der Waals surface area contributed by atoms with Crippen LogP contribution in [-0.2, 0) is 10.3 Å². The lowest BCUT2D eigenvalue weighted by atomic mass is 9.86. The van der Waals surface area contributed by atoms with Crippen LogP contribution >= 0.6 is 27.7 Å². The minimum atomic E-state index is -2.64. The number of aliphatic imine (C=N–C) groups is 1. The Balaban J connectivity index is 1.98. The average molecular weight is 553 g/mol. The number of nitrogens with zero attached hydrogens (tertiary/aromatic N) is 3. The lowest BCUT2D eigenvalue weighted by Crippen LogP contribution is -2.44. The van der Waals surface area contributed by atoms with Crippen molar-refractivity contribution >= 4 is 47.0 Å². The van der Waals surface area contributed by atoms with Crippen molar-refractivity contribution in [1.82, 2.24) is 9.88 Å². The Kier molecular flexibility index (Phi) is 7.29. The number of pyridine rings is 1. The maximum absolute atomic E-state index is 14.2. The third-order valence-electron chi connectivity index (χ3n) is 5.84. The Morgan fingerprint density at radius 2 is 2.16 bits per heavy atom. The fourth-order valence-electron chi connectivity index (χ4n) is 3.84. The molecule has 178 valence electrons. The van der Waals surface area contributed by atoms with E-state index in [0.717, 1.165) is 22.7 Å². The predicted octanol–water partition coefficient (Wildman–Crippen LogP) is 5.49. The summed E-state index contributed by atoms with van der Waals surface area (Å²) in [5.74, 6) is -0.216. The second-order valence-corrected chi connectivity index (χ2v) is 17.3. The Hall–Kier alpha value is -1.24. The van der Waals surface area contributed by atoms with Crippen LogP contribution in [0, 0.1) is 5.92 Å². The highest BCUT2D eigenvalue weighted by Crippen LogP contribution is 2.69. The average Bonchev–Trinajstić information content (AvgIpc) is 3.44. The fourth-order valence-corrected chi connectivity index (χ4v) is 6.46. The molecule has 7 nitrogen and oxygen atoms in total. The summed E-state index contributed by atoms with van der Waals surface area (Å²) in [5.41, 5.74) is -0.602. The summed E-state index contributed by atoms with van der Waals surface area (Å²) in [6.45, 7) is 8.45. The minimum absolute atomic E-state index is 0.00378. The van der Waals surface area contributed by atoms with E-state index in [1.807, 2.05) is 0 Å². The molecule has 0 aromatic carbocycles. The third-order valence-corrected chi connectivity index (χ3v) is 9.49. The van der Waals surface area contributed by atoms with Gasteiger partial charge in [0.25, 0.3) is 6.43 Å². The van der Waals surface area contributed by atoms with E-state index < -0.39 is 36.8 Å². The summed E-state index contributed by atoms with van der Waals surface area (Å²) in [5, 5.41) is 9.82. The van der Waals surface area contributed by atoms with Crippen LogP contribution in [0.5, 0.6) is 5.88 Å². The molecule has 1 fully saturated rings. The highest BCUT2D eigenvalue weighted by molar-refractivity contribution is 9.10. The van der Waals surface area contributed by atoms with Crippen LogP contribution in [0.15, 0.2) is 21.7 Å². The molecule has 0 bridgehead atoms. The standard InChI is InChI=1S/C20H28BrF2N3O4SSi/c1-19(13-8-12(21)10-24-15(13)29-2)14-9-20(14,16(22)23)31-17(25-19)26(18(27)28)11-30-6-7-32(3,4)5/h8,10,14,16H,6-7,9,11H2,1-5H3,(H,27,28)/t14-,19+,20-/m0/s1. The summed E-state index contributed by atoms with van der Waals surface area (Å²) >= 11 is 4.21. The number of thioether (sulfide) groups is 1. The van der Waals surface area contributed by atoms with Crippen molar-refractivity contribution in [3.8, 4) is 5.88 Å². The molecular formula is C20H28BrF2N3O4SSi. The Morgan fingerprint density at radius 3 is 2.72 bits per heavy atom. The van der Waals surface area contributed by atoms with E-state index in [4.69, 9.17) is 14.5 Å². The molecule has 0 saturated heterocycles. The molecule has 2 heterocycles. The molecule has 32 heavy (non-hydrogen) atoms. The molecule has 1 saturated carbocycles. The summed E-state index contributed by atoms with van der Waals surface area (Å²) in [6, 6.07) is 2.61. The second-order valence-electron chi connectivity index (χ2n) is 9.43. The van der Waals surface area contributed by atoms with Crippen molar-refractivity contribution in [1.29, 1.82) is 0 Å². The normalized spacial score (nSPS) is 27.0. The first kappa shape index (κ1) is 25.4. The van der Waals surface area contributed by atoms with Gasteiger partial charge in [0.2, 0.25) is 5.88 Å². The summed E-state index contributed by atoms with van der Waals surface area (Å²) < 4.78 is 38.7. The SMILES string of the molecule is COc1ncc(Br)cc1[C@@]1(C)N=C(N(COCC[Si](C)(C)C)C(=O)O)S[C@@]2(C(F)F)C[C@@H]12. The van der Waals surface area contributed by atoms with Crippen molar-refractivity contribution in [3.63, 3.8) is 0 Å². The van der Waals surface area contributed by atoms with Gasteiger partial charge in [-0.25, -0.2) is 23.5 Å². The van der Waals surface area contributed by atoms with Gasteiger partial charge in [0.15, 0.2) is 5.17 Å². The molecule has 3 atom stereocenters. The van der Waals surface area contributed by atoms with Gasteiger partial charge in [-0.1, -0.05) is 31.4 Å². The lowest BCUT2D eigenvalue weighted by molar-refractivity contribution is 0.0696. The van der Waals surface area contributed by atoms with Crippen molar-refractivity contribution in [2.24, 2.45) is 10.9 Å². The largest absolute Gasteiger partial charge is 0.481 e. The number of hydrogen-bond donors (Lipinski definition) is 1. The van der Waals surface area contributed by atoms with Gasteiger partial charge in [0.1, 0.15) is 6.73 Å². The van der Waals surface area contributed by atoms with Crippen LogP contribution in [0.2, 0.25) is 25.7 Å². The molecule has 2 aliphatic rings. The first-order chi connectivity index (χ1) is 14.8. The number of hydrogen-bond acceptors (Lipinski definition) is 6. The summed E-state index contributed by atoms with van der Waals surface area (Å²) in [4.78, 5) is 21.9. The highest BCUT2D eigenvalue weighted by Gasteiger charge is 2.72.